The third-order valence-electron chi connectivity index (χ3n) is 7.58. The molecule has 1 aliphatic rings. The topological polar surface area (TPSA) is 96.0 Å². The largest absolute Gasteiger partial charge is 0.488 e. The lowest BCUT2D eigenvalue weighted by atomic mass is 9.95. The summed E-state index contributed by atoms with van der Waals surface area (Å²) in [5.41, 5.74) is 4.20. The van der Waals surface area contributed by atoms with Crippen LogP contribution in [0, 0.1) is 11.7 Å². The number of nitrogens with one attached hydrogen (secondary N) is 1. The van der Waals surface area contributed by atoms with E-state index in [1.165, 1.54) is 43.2 Å². The molecule has 1 aromatic carbocycles. The van der Waals surface area contributed by atoms with Gasteiger partial charge in [-0.3, -0.25) is 14.6 Å². The number of rotatable bonds is 22. The second-order valence-electron chi connectivity index (χ2n) is 11.9. The van der Waals surface area contributed by atoms with Crippen LogP contribution < -0.4 is 10.1 Å². The van der Waals surface area contributed by atoms with Crippen molar-refractivity contribution in [3.8, 4) is 5.75 Å². The van der Waals surface area contributed by atoms with Gasteiger partial charge in [-0.25, -0.2) is 4.39 Å². The van der Waals surface area contributed by atoms with Crippen LogP contribution in [0.5, 0.6) is 5.75 Å². The summed E-state index contributed by atoms with van der Waals surface area (Å²) in [6.07, 6.45) is 8.45. The Bertz CT molecular complexity index is 1160. The number of hydrogen-bond acceptors (Lipinski definition) is 7. The monoisotopic (exact) mass is 614 g/mol. The van der Waals surface area contributed by atoms with E-state index in [0.717, 1.165) is 44.4 Å². The van der Waals surface area contributed by atoms with Crippen LogP contribution in [0.3, 0.4) is 0 Å². The molecule has 2 aromatic rings. The van der Waals surface area contributed by atoms with Gasteiger partial charge in [0.1, 0.15) is 12.4 Å². The van der Waals surface area contributed by atoms with Crippen molar-refractivity contribution in [2.45, 2.75) is 91.0 Å². The summed E-state index contributed by atoms with van der Waals surface area (Å²) < 4.78 is 36.8. The normalized spacial score (nSPS) is 13.5. The average molecular weight is 615 g/mol. The highest BCUT2D eigenvalue weighted by Crippen LogP contribution is 2.25. The van der Waals surface area contributed by atoms with Gasteiger partial charge in [0.15, 0.2) is 11.6 Å². The van der Waals surface area contributed by atoms with Gasteiger partial charge >= 0.3 is 0 Å². The molecule has 1 atom stereocenters. The number of Topliss-reactive ketones (excluding diaryl/α,β-unsaturated/α-hetero) is 1. The molecular formula is C35H51FN2O6. The van der Waals surface area contributed by atoms with Crippen molar-refractivity contribution in [1.29, 1.82) is 0 Å². The first kappa shape index (κ1) is 35.6. The number of halogens is 1. The number of aromatic nitrogens is 1. The van der Waals surface area contributed by atoms with Gasteiger partial charge in [-0.05, 0) is 93.5 Å². The maximum absolute atomic E-state index is 14.8. The van der Waals surface area contributed by atoms with Crippen molar-refractivity contribution in [3.63, 3.8) is 0 Å². The molecule has 0 radical (unpaired) electrons. The molecule has 1 heterocycles. The first-order chi connectivity index (χ1) is 21.3. The molecule has 1 N–H and O–H groups in total. The van der Waals surface area contributed by atoms with Crippen molar-refractivity contribution in [1.82, 2.24) is 10.3 Å². The molecule has 0 saturated carbocycles. The van der Waals surface area contributed by atoms with Gasteiger partial charge in [0.2, 0.25) is 5.91 Å². The number of pyridine rings is 1. The number of carbonyl (C=O) groups is 2. The van der Waals surface area contributed by atoms with Crippen LogP contribution in [-0.2, 0) is 43.1 Å². The summed E-state index contributed by atoms with van der Waals surface area (Å²) in [6.45, 7) is 8.96. The molecule has 244 valence electrons. The first-order valence-electron chi connectivity index (χ1n) is 16.2. The van der Waals surface area contributed by atoms with Crippen molar-refractivity contribution < 1.29 is 32.9 Å². The minimum atomic E-state index is -0.602. The zero-order valence-corrected chi connectivity index (χ0v) is 26.8. The number of fused-ring (bicyclic) bond motifs is 1. The fourth-order valence-corrected chi connectivity index (χ4v) is 5.09. The van der Waals surface area contributed by atoms with E-state index < -0.39 is 11.9 Å². The summed E-state index contributed by atoms with van der Waals surface area (Å²) in [4.78, 5) is 29.5. The number of benzene rings is 1. The van der Waals surface area contributed by atoms with E-state index in [1.807, 2.05) is 0 Å². The lowest BCUT2D eigenvalue weighted by molar-refractivity contribution is -0.122. The zero-order valence-electron chi connectivity index (χ0n) is 26.8. The van der Waals surface area contributed by atoms with Crippen molar-refractivity contribution in [2.24, 2.45) is 5.92 Å². The number of ether oxygens (including phenoxy) is 4. The molecule has 0 bridgehead atoms. The van der Waals surface area contributed by atoms with E-state index in [9.17, 15) is 14.0 Å². The van der Waals surface area contributed by atoms with Gasteiger partial charge in [-0.2, -0.15) is 0 Å². The van der Waals surface area contributed by atoms with Gasteiger partial charge in [-0.15, -0.1) is 0 Å². The Kier molecular flexibility index (Phi) is 16.3. The summed E-state index contributed by atoms with van der Waals surface area (Å²) in [5.74, 6) is -0.0765. The molecule has 0 unspecified atom stereocenters. The Morgan fingerprint density at radius 2 is 1.61 bits per heavy atom. The lowest BCUT2D eigenvalue weighted by Gasteiger charge is -2.19. The molecular weight excluding hydrogens is 563 g/mol. The van der Waals surface area contributed by atoms with Crippen LogP contribution in [0.2, 0.25) is 0 Å². The van der Waals surface area contributed by atoms with E-state index in [2.05, 4.69) is 31.3 Å². The van der Waals surface area contributed by atoms with Gasteiger partial charge in [0.05, 0.1) is 39.1 Å². The molecule has 8 nitrogen and oxygen atoms in total. The number of carbonyl (C=O) groups excluding carboxylic acids is 2. The zero-order chi connectivity index (χ0) is 31.6. The smallest absolute Gasteiger partial charge is 0.220 e. The van der Waals surface area contributed by atoms with E-state index >= 15 is 0 Å². The quantitative estimate of drug-likeness (QED) is 0.160. The molecule has 0 fully saturated rings. The summed E-state index contributed by atoms with van der Waals surface area (Å²) in [6, 6.07) is 8.23. The maximum Gasteiger partial charge on any atom is 0.220 e. The van der Waals surface area contributed by atoms with Gasteiger partial charge in [0.25, 0.3) is 0 Å². The number of amides is 1. The fraction of sp³-hybridized carbons (Fsp3) is 0.629. The minimum Gasteiger partial charge on any atom is -0.488 e. The molecule has 0 saturated heterocycles. The number of aryl methyl sites for hydroxylation is 3. The number of nitrogens with zero attached hydrogens (tertiary/aromatic N) is 1. The predicted octanol–water partition coefficient (Wildman–Crippen LogP) is 6.12. The third-order valence-corrected chi connectivity index (χ3v) is 7.58. The Labute approximate surface area is 262 Å². The molecule has 3 rings (SSSR count). The molecule has 0 spiro atoms. The Morgan fingerprint density at radius 1 is 0.909 bits per heavy atom. The lowest BCUT2D eigenvalue weighted by Crippen LogP contribution is -2.29. The number of unbranched alkanes of at least 4 members (excludes halogenated alkanes) is 1. The van der Waals surface area contributed by atoms with Crippen LogP contribution >= 0.6 is 0 Å². The Balaban J connectivity index is 1.33. The second kappa shape index (κ2) is 20.2. The highest BCUT2D eigenvalue weighted by molar-refractivity contribution is 5.80. The van der Waals surface area contributed by atoms with Gasteiger partial charge in [0, 0.05) is 30.8 Å². The van der Waals surface area contributed by atoms with Crippen LogP contribution in [0.15, 0.2) is 30.3 Å². The fourth-order valence-electron chi connectivity index (χ4n) is 5.09. The van der Waals surface area contributed by atoms with Crippen LogP contribution in [0.4, 0.5) is 4.39 Å². The first-order valence-corrected chi connectivity index (χ1v) is 16.2. The highest BCUT2D eigenvalue weighted by Gasteiger charge is 2.19. The summed E-state index contributed by atoms with van der Waals surface area (Å²) >= 11 is 0. The van der Waals surface area contributed by atoms with E-state index in [0.29, 0.717) is 57.4 Å². The van der Waals surface area contributed by atoms with Crippen molar-refractivity contribution in [2.75, 3.05) is 46.2 Å². The minimum absolute atomic E-state index is 0.0877. The third kappa shape index (κ3) is 13.8. The Hall–Kier alpha value is -2.88. The molecule has 44 heavy (non-hydrogen) atoms. The van der Waals surface area contributed by atoms with Crippen LogP contribution in [-0.4, -0.2) is 62.9 Å². The highest BCUT2D eigenvalue weighted by atomic mass is 19.1. The summed E-state index contributed by atoms with van der Waals surface area (Å²) in [5, 5.41) is 2.92. The van der Waals surface area contributed by atoms with E-state index in [4.69, 9.17) is 23.9 Å². The van der Waals surface area contributed by atoms with E-state index in [-0.39, 0.29) is 30.5 Å². The molecule has 1 aromatic heterocycles. The van der Waals surface area contributed by atoms with Crippen molar-refractivity contribution >= 4 is 11.7 Å². The molecule has 1 amide bonds. The Morgan fingerprint density at radius 3 is 2.32 bits per heavy atom. The number of hydrogen-bond donors (Lipinski definition) is 1. The van der Waals surface area contributed by atoms with Gasteiger partial charge in [-0.1, -0.05) is 26.0 Å². The van der Waals surface area contributed by atoms with Crippen molar-refractivity contribution in [3.05, 3.63) is 58.7 Å². The molecule has 9 heteroatoms. The molecule has 0 aliphatic heterocycles. The predicted molar refractivity (Wildman–Crippen MR) is 168 cm³/mol. The standard InChI is InChI=1S/C35H51FN2O6/c1-26(2)16-17-41-18-19-42-20-21-43-22-23-44-34-15-13-29(25-31(34)36)33(24-27(3)39)38-35(40)11-7-5-9-30-14-12-28-8-4-6-10-32(28)37-30/h12-15,25-26,33H,4-11,16-24H2,1-3H3,(H,38,40)/t33-/m0/s1. The summed E-state index contributed by atoms with van der Waals surface area (Å²) in [7, 11) is 0. The van der Waals surface area contributed by atoms with Crippen LogP contribution in [0.25, 0.3) is 0 Å². The SMILES string of the molecule is CC(=O)C[C@H](NC(=O)CCCCc1ccc2c(n1)CCCC2)c1ccc(OCCOCCOCCOCCC(C)C)c(F)c1. The second-order valence-corrected chi connectivity index (χ2v) is 11.9. The van der Waals surface area contributed by atoms with E-state index in [1.54, 1.807) is 6.07 Å². The van der Waals surface area contributed by atoms with Gasteiger partial charge < -0.3 is 24.3 Å². The molecule has 1 aliphatic carbocycles. The van der Waals surface area contributed by atoms with Crippen LogP contribution in [0.1, 0.15) is 94.3 Å². The average Bonchev–Trinajstić information content (AvgIpc) is 2.99. The number of ketones is 1. The maximum atomic E-state index is 14.8.